The molecule has 5 rings (SSSR count). The number of aliphatic carboxylic acids is 1. The van der Waals surface area contributed by atoms with Gasteiger partial charge in [0.05, 0.1) is 6.20 Å². The van der Waals surface area contributed by atoms with Crippen LogP contribution in [0.15, 0.2) is 42.7 Å². The van der Waals surface area contributed by atoms with E-state index in [1.54, 1.807) is 12.3 Å². The van der Waals surface area contributed by atoms with Gasteiger partial charge in [-0.15, -0.1) is 0 Å². The van der Waals surface area contributed by atoms with Crippen molar-refractivity contribution in [1.82, 2.24) is 10.3 Å². The van der Waals surface area contributed by atoms with E-state index in [1.165, 1.54) is 36.7 Å². The Morgan fingerprint density at radius 1 is 1.21 bits per heavy atom. The van der Waals surface area contributed by atoms with Gasteiger partial charge in [0.2, 0.25) is 0 Å². The minimum absolute atomic E-state index is 0.0242. The number of hydrogen-bond acceptors (Lipinski definition) is 3. The smallest absolute Gasteiger partial charge is 0.328 e. The van der Waals surface area contributed by atoms with Gasteiger partial charge >= 0.3 is 5.97 Å². The molecule has 3 aliphatic rings. The van der Waals surface area contributed by atoms with E-state index in [1.807, 2.05) is 12.1 Å². The second-order valence-electron chi connectivity index (χ2n) is 10.9. The lowest BCUT2D eigenvalue weighted by Gasteiger charge is -2.50. The van der Waals surface area contributed by atoms with Crippen LogP contribution in [0.2, 0.25) is 0 Å². The number of benzene rings is 1. The number of halogens is 1. The van der Waals surface area contributed by atoms with Gasteiger partial charge in [-0.2, -0.15) is 0 Å². The van der Waals surface area contributed by atoms with Crippen molar-refractivity contribution in [2.75, 3.05) is 0 Å². The highest BCUT2D eigenvalue weighted by atomic mass is 19.1. The van der Waals surface area contributed by atoms with Crippen LogP contribution in [0.3, 0.4) is 0 Å². The molecule has 1 heterocycles. The highest BCUT2D eigenvalue weighted by Gasteiger charge is 2.52. The SMILES string of the molecule is CC(C)(NC(=O)c1ccc2c(c1)CC[C@@H]1[C@@H]2CC[C@]2(C)C(c3cncc(F)c3)=CC[C@@H]12)C(=O)O. The van der Waals surface area contributed by atoms with Crippen molar-refractivity contribution in [3.05, 3.63) is 70.8 Å². The van der Waals surface area contributed by atoms with Gasteiger partial charge in [0.15, 0.2) is 0 Å². The van der Waals surface area contributed by atoms with E-state index in [0.717, 1.165) is 37.7 Å². The summed E-state index contributed by atoms with van der Waals surface area (Å²) in [6.07, 6.45) is 10.4. The first-order valence-corrected chi connectivity index (χ1v) is 12.1. The lowest BCUT2D eigenvalue weighted by molar-refractivity contribution is -0.143. The van der Waals surface area contributed by atoms with E-state index < -0.39 is 11.5 Å². The summed E-state index contributed by atoms with van der Waals surface area (Å²) in [6.45, 7) is 5.31. The maximum Gasteiger partial charge on any atom is 0.328 e. The number of nitrogens with one attached hydrogen (secondary N) is 1. The minimum Gasteiger partial charge on any atom is -0.480 e. The number of rotatable bonds is 4. The van der Waals surface area contributed by atoms with Crippen molar-refractivity contribution in [3.63, 3.8) is 0 Å². The molecule has 6 heteroatoms. The molecule has 1 aromatic heterocycles. The van der Waals surface area contributed by atoms with Crippen LogP contribution in [0.1, 0.15) is 79.4 Å². The number of carbonyl (C=O) groups is 2. The number of carboxylic acids is 1. The van der Waals surface area contributed by atoms with Crippen LogP contribution in [0.5, 0.6) is 0 Å². The van der Waals surface area contributed by atoms with Gasteiger partial charge in [-0.1, -0.05) is 19.1 Å². The molecule has 0 saturated heterocycles. The average molecular weight is 463 g/mol. The largest absolute Gasteiger partial charge is 0.480 e. The highest BCUT2D eigenvalue weighted by Crippen LogP contribution is 2.63. The number of nitrogens with zero attached hydrogens (tertiary/aromatic N) is 1. The van der Waals surface area contributed by atoms with Crippen LogP contribution >= 0.6 is 0 Å². The van der Waals surface area contributed by atoms with Crippen LogP contribution < -0.4 is 5.32 Å². The molecule has 1 fully saturated rings. The number of carboxylic acid groups (broad SMARTS) is 1. The second kappa shape index (κ2) is 8.03. The van der Waals surface area contributed by atoms with Crippen molar-refractivity contribution >= 4 is 17.4 Å². The second-order valence-corrected chi connectivity index (χ2v) is 10.9. The molecule has 178 valence electrons. The zero-order valence-corrected chi connectivity index (χ0v) is 19.9. The van der Waals surface area contributed by atoms with Crippen LogP contribution in [-0.4, -0.2) is 27.5 Å². The van der Waals surface area contributed by atoms with Crippen molar-refractivity contribution < 1.29 is 19.1 Å². The molecule has 34 heavy (non-hydrogen) atoms. The summed E-state index contributed by atoms with van der Waals surface area (Å²) >= 11 is 0. The average Bonchev–Trinajstić information content (AvgIpc) is 3.15. The summed E-state index contributed by atoms with van der Waals surface area (Å²) < 4.78 is 13.9. The maximum atomic E-state index is 13.9. The molecule has 2 aromatic rings. The monoisotopic (exact) mass is 462 g/mol. The molecule has 0 aliphatic heterocycles. The fourth-order valence-electron chi connectivity index (χ4n) is 6.71. The van der Waals surface area contributed by atoms with Crippen molar-refractivity contribution in [1.29, 1.82) is 0 Å². The molecular formula is C28H31FN2O3. The molecule has 1 amide bonds. The fourth-order valence-corrected chi connectivity index (χ4v) is 6.71. The Bertz CT molecular complexity index is 1200. The van der Waals surface area contributed by atoms with Crippen molar-refractivity contribution in [3.8, 4) is 0 Å². The number of allylic oxidation sites excluding steroid dienone is 2. The van der Waals surface area contributed by atoms with E-state index in [0.29, 0.717) is 23.3 Å². The van der Waals surface area contributed by atoms with Gasteiger partial charge in [0.1, 0.15) is 11.4 Å². The van der Waals surface area contributed by atoms with Gasteiger partial charge in [-0.25, -0.2) is 9.18 Å². The molecule has 0 unspecified atom stereocenters. The van der Waals surface area contributed by atoms with Crippen LogP contribution in [0, 0.1) is 23.1 Å². The predicted molar refractivity (Wildman–Crippen MR) is 128 cm³/mol. The van der Waals surface area contributed by atoms with Crippen LogP contribution in [0.25, 0.3) is 5.57 Å². The van der Waals surface area contributed by atoms with E-state index >= 15 is 0 Å². The van der Waals surface area contributed by atoms with E-state index in [4.69, 9.17) is 0 Å². The Kier molecular flexibility index (Phi) is 5.38. The number of aryl methyl sites for hydroxylation is 1. The zero-order valence-electron chi connectivity index (χ0n) is 19.9. The summed E-state index contributed by atoms with van der Waals surface area (Å²) in [7, 11) is 0. The lowest BCUT2D eigenvalue weighted by atomic mass is 9.54. The molecule has 1 saturated carbocycles. The normalized spacial score (nSPS) is 27.8. The number of aromatic nitrogens is 1. The molecule has 0 bridgehead atoms. The molecule has 2 N–H and O–H groups in total. The van der Waals surface area contributed by atoms with Crippen molar-refractivity contribution in [2.24, 2.45) is 17.3 Å². The molecular weight excluding hydrogens is 431 g/mol. The zero-order chi connectivity index (χ0) is 24.3. The number of pyridine rings is 1. The third-order valence-electron chi connectivity index (χ3n) is 8.55. The predicted octanol–water partition coefficient (Wildman–Crippen LogP) is 5.36. The molecule has 0 spiro atoms. The fraction of sp³-hybridized carbons (Fsp3) is 0.464. The van der Waals surface area contributed by atoms with Gasteiger partial charge < -0.3 is 10.4 Å². The molecule has 5 nitrogen and oxygen atoms in total. The lowest BCUT2D eigenvalue weighted by Crippen LogP contribution is -2.49. The summed E-state index contributed by atoms with van der Waals surface area (Å²) in [5, 5.41) is 11.9. The molecule has 1 aromatic carbocycles. The first kappa shape index (κ1) is 22.8. The Morgan fingerprint density at radius 3 is 2.74 bits per heavy atom. The summed E-state index contributed by atoms with van der Waals surface area (Å²) in [6, 6.07) is 7.46. The van der Waals surface area contributed by atoms with Gasteiger partial charge in [0, 0.05) is 11.8 Å². The quantitative estimate of drug-likeness (QED) is 0.641. The summed E-state index contributed by atoms with van der Waals surface area (Å²) in [4.78, 5) is 28.2. The summed E-state index contributed by atoms with van der Waals surface area (Å²) in [5.41, 5.74) is 3.88. The summed E-state index contributed by atoms with van der Waals surface area (Å²) in [5.74, 6) is -0.207. The van der Waals surface area contributed by atoms with E-state index in [9.17, 15) is 19.1 Å². The van der Waals surface area contributed by atoms with Gasteiger partial charge in [-0.05, 0) is 110 Å². The Labute approximate surface area is 199 Å². The minimum atomic E-state index is -1.32. The Balaban J connectivity index is 1.38. The van der Waals surface area contributed by atoms with Crippen molar-refractivity contribution in [2.45, 2.75) is 64.3 Å². The first-order valence-electron chi connectivity index (χ1n) is 12.1. The number of carbonyl (C=O) groups excluding carboxylic acids is 1. The van der Waals surface area contributed by atoms with Crippen LogP contribution in [0.4, 0.5) is 4.39 Å². The Hall–Kier alpha value is -3.02. The molecule has 0 radical (unpaired) electrons. The maximum absolute atomic E-state index is 13.9. The standard InChI is InChI=1S/C28H31FN2O3/c1-27(2,26(33)34)31-25(32)17-5-6-20-16(12-17)4-7-22-21(20)10-11-28(3)23(8-9-24(22)28)18-13-19(29)15-30-14-18/h5-6,8,12-15,21-22,24H,4,7,9-11H2,1-3H3,(H,31,32)(H,33,34)/t21-,22-,24+,28-/m1/s1. The van der Waals surface area contributed by atoms with Crippen LogP contribution in [-0.2, 0) is 11.2 Å². The third-order valence-corrected chi connectivity index (χ3v) is 8.55. The van der Waals surface area contributed by atoms with E-state index in [2.05, 4.69) is 29.4 Å². The Morgan fingerprint density at radius 2 is 2.00 bits per heavy atom. The topological polar surface area (TPSA) is 79.3 Å². The highest BCUT2D eigenvalue weighted by molar-refractivity contribution is 5.97. The van der Waals surface area contributed by atoms with E-state index in [-0.39, 0.29) is 17.1 Å². The molecule has 4 atom stereocenters. The number of hydrogen-bond donors (Lipinski definition) is 2. The first-order chi connectivity index (χ1) is 16.1. The number of fused-ring (bicyclic) bond motifs is 5. The number of amides is 1. The molecule has 3 aliphatic carbocycles. The third kappa shape index (κ3) is 3.64. The van der Waals surface area contributed by atoms with Gasteiger partial charge in [0.25, 0.3) is 5.91 Å². The van der Waals surface area contributed by atoms with Gasteiger partial charge in [-0.3, -0.25) is 9.78 Å².